The average Bonchev–Trinajstić information content (AvgIpc) is 2.82. The first-order chi connectivity index (χ1) is 16.1. The van der Waals surface area contributed by atoms with Crippen molar-refractivity contribution >= 4 is 26.7 Å². The number of likely N-dealkylation sites (N-methyl/N-ethyl adjacent to an activating group) is 1. The van der Waals surface area contributed by atoms with Gasteiger partial charge in [-0.15, -0.1) is 0 Å². The van der Waals surface area contributed by atoms with E-state index in [-0.39, 0.29) is 22.8 Å². The van der Waals surface area contributed by atoms with Crippen LogP contribution >= 0.6 is 0 Å². The predicted molar refractivity (Wildman–Crippen MR) is 135 cm³/mol. The number of fused-ring (bicyclic) bond motifs is 1. The highest BCUT2D eigenvalue weighted by Crippen LogP contribution is 2.23. The second kappa shape index (κ2) is 11.0. The minimum Gasteiger partial charge on any atom is -0.497 e. The van der Waals surface area contributed by atoms with Crippen LogP contribution in [0.3, 0.4) is 0 Å². The van der Waals surface area contributed by atoms with E-state index >= 15 is 0 Å². The van der Waals surface area contributed by atoms with E-state index in [2.05, 4.69) is 10.0 Å². The molecule has 34 heavy (non-hydrogen) atoms. The van der Waals surface area contributed by atoms with Crippen LogP contribution in [-0.2, 0) is 14.8 Å². The van der Waals surface area contributed by atoms with Crippen molar-refractivity contribution in [1.29, 1.82) is 0 Å². The molecule has 2 N–H and O–H groups in total. The summed E-state index contributed by atoms with van der Waals surface area (Å²) in [4.78, 5) is 15.2. The van der Waals surface area contributed by atoms with E-state index in [1.54, 1.807) is 25.3 Å². The van der Waals surface area contributed by atoms with Crippen molar-refractivity contribution in [1.82, 2.24) is 14.9 Å². The van der Waals surface area contributed by atoms with Crippen LogP contribution in [-0.4, -0.2) is 53.0 Å². The number of hydrogen-bond acceptors (Lipinski definition) is 5. The number of hydrogen-bond donors (Lipinski definition) is 2. The van der Waals surface area contributed by atoms with E-state index in [0.717, 1.165) is 22.1 Å². The van der Waals surface area contributed by atoms with Crippen molar-refractivity contribution in [2.45, 2.75) is 30.8 Å². The number of sulfonamides is 1. The molecule has 0 aliphatic rings. The molecule has 0 spiro atoms. The van der Waals surface area contributed by atoms with Gasteiger partial charge < -0.3 is 15.0 Å². The van der Waals surface area contributed by atoms with Crippen molar-refractivity contribution in [3.05, 3.63) is 72.3 Å². The maximum Gasteiger partial charge on any atom is 0.241 e. The van der Waals surface area contributed by atoms with Crippen LogP contribution in [0, 0.1) is 5.92 Å². The molecule has 3 rings (SSSR count). The largest absolute Gasteiger partial charge is 0.497 e. The van der Waals surface area contributed by atoms with Gasteiger partial charge in [0.1, 0.15) is 11.8 Å². The summed E-state index contributed by atoms with van der Waals surface area (Å²) >= 11 is 0. The van der Waals surface area contributed by atoms with Crippen LogP contribution in [0.4, 0.5) is 0 Å². The number of amides is 1. The lowest BCUT2D eigenvalue weighted by Gasteiger charge is -2.27. The molecule has 0 radical (unpaired) electrons. The van der Waals surface area contributed by atoms with Crippen molar-refractivity contribution in [2.75, 3.05) is 27.7 Å². The molecule has 0 saturated carbocycles. The third-order valence-corrected chi connectivity index (χ3v) is 7.27. The van der Waals surface area contributed by atoms with Gasteiger partial charge in [-0.1, -0.05) is 56.3 Å². The SMILES string of the molecule is COc1cccc([C@@H](CNC(=O)[C@H](NS(=O)(=O)c2ccc3ccccc3c2)C(C)C)N(C)C)c1. The Morgan fingerprint density at radius 3 is 2.32 bits per heavy atom. The van der Waals surface area contributed by atoms with Crippen LogP contribution in [0.2, 0.25) is 0 Å². The van der Waals surface area contributed by atoms with Crippen LogP contribution in [0.5, 0.6) is 5.75 Å². The number of carbonyl (C=O) groups is 1. The highest BCUT2D eigenvalue weighted by Gasteiger charge is 2.29. The van der Waals surface area contributed by atoms with Gasteiger partial charge in [-0.2, -0.15) is 4.72 Å². The summed E-state index contributed by atoms with van der Waals surface area (Å²) < 4.78 is 34.2. The summed E-state index contributed by atoms with van der Waals surface area (Å²) in [5.74, 6) is 0.123. The number of benzene rings is 3. The number of nitrogens with one attached hydrogen (secondary N) is 2. The zero-order valence-corrected chi connectivity index (χ0v) is 21.1. The molecule has 0 heterocycles. The third-order valence-electron chi connectivity index (χ3n) is 5.83. The molecule has 0 aromatic heterocycles. The van der Waals surface area contributed by atoms with Gasteiger partial charge >= 0.3 is 0 Å². The Balaban J connectivity index is 1.76. The molecule has 0 unspecified atom stereocenters. The summed E-state index contributed by atoms with van der Waals surface area (Å²) in [6.07, 6.45) is 0. The monoisotopic (exact) mass is 483 g/mol. The van der Waals surface area contributed by atoms with E-state index in [4.69, 9.17) is 4.74 Å². The minimum absolute atomic E-state index is 0.107. The average molecular weight is 484 g/mol. The normalized spacial score (nSPS) is 13.7. The van der Waals surface area contributed by atoms with E-state index in [1.165, 1.54) is 0 Å². The molecule has 1 amide bonds. The molecule has 0 saturated heterocycles. The molecule has 2 atom stereocenters. The molecule has 0 fully saturated rings. The molecule has 7 nitrogen and oxygen atoms in total. The molecule has 0 aliphatic carbocycles. The van der Waals surface area contributed by atoms with Gasteiger partial charge in [0.15, 0.2) is 0 Å². The summed E-state index contributed by atoms with van der Waals surface area (Å²) in [5.41, 5.74) is 0.988. The summed E-state index contributed by atoms with van der Waals surface area (Å²) in [6.45, 7) is 3.96. The lowest BCUT2D eigenvalue weighted by molar-refractivity contribution is -0.123. The lowest BCUT2D eigenvalue weighted by Crippen LogP contribution is -2.50. The number of nitrogens with zero attached hydrogens (tertiary/aromatic N) is 1. The van der Waals surface area contributed by atoms with Gasteiger partial charge in [-0.25, -0.2) is 8.42 Å². The number of ether oxygens (including phenoxy) is 1. The molecule has 3 aromatic rings. The van der Waals surface area contributed by atoms with Gasteiger partial charge in [0.25, 0.3) is 0 Å². The van der Waals surface area contributed by atoms with Gasteiger partial charge in [0, 0.05) is 6.54 Å². The predicted octanol–water partition coefficient (Wildman–Crippen LogP) is 3.57. The maximum atomic E-state index is 13.1. The minimum atomic E-state index is -3.89. The molecule has 182 valence electrons. The van der Waals surface area contributed by atoms with Crippen molar-refractivity contribution in [3.8, 4) is 5.75 Å². The first-order valence-electron chi connectivity index (χ1n) is 11.2. The maximum absolute atomic E-state index is 13.1. The van der Waals surface area contributed by atoms with Crippen LogP contribution < -0.4 is 14.8 Å². The summed E-state index contributed by atoms with van der Waals surface area (Å²) in [7, 11) is 1.58. The molecular formula is C26H33N3O4S. The quantitative estimate of drug-likeness (QED) is 0.460. The highest BCUT2D eigenvalue weighted by atomic mass is 32.2. The van der Waals surface area contributed by atoms with E-state index in [1.807, 2.05) is 81.4 Å². The van der Waals surface area contributed by atoms with E-state index in [0.29, 0.717) is 6.54 Å². The van der Waals surface area contributed by atoms with Crippen molar-refractivity contribution in [2.24, 2.45) is 5.92 Å². The molecule has 8 heteroatoms. The molecular weight excluding hydrogens is 450 g/mol. The number of methoxy groups -OCH3 is 1. The zero-order valence-electron chi connectivity index (χ0n) is 20.3. The van der Waals surface area contributed by atoms with E-state index in [9.17, 15) is 13.2 Å². The fraction of sp³-hybridized carbons (Fsp3) is 0.346. The summed E-state index contributed by atoms with van der Waals surface area (Å²) in [6, 6.07) is 19.2. The number of carbonyl (C=O) groups excluding carboxylic acids is 1. The van der Waals surface area contributed by atoms with Gasteiger partial charge in [-0.3, -0.25) is 4.79 Å². The van der Waals surface area contributed by atoms with Crippen LogP contribution in [0.15, 0.2) is 71.6 Å². The van der Waals surface area contributed by atoms with Crippen molar-refractivity contribution < 1.29 is 17.9 Å². The fourth-order valence-electron chi connectivity index (χ4n) is 3.82. The van der Waals surface area contributed by atoms with Crippen LogP contribution in [0.25, 0.3) is 10.8 Å². The molecule has 0 aliphatic heterocycles. The third kappa shape index (κ3) is 6.14. The standard InChI is InChI=1S/C26H33N3O4S/c1-18(2)25(28-34(31,32)23-14-13-19-9-6-7-10-20(19)16-23)26(30)27-17-24(29(3)4)21-11-8-12-22(15-21)33-5/h6-16,18,24-25,28H,17H2,1-5H3,(H,27,30)/t24-,25-/m1/s1. The number of rotatable bonds is 10. The van der Waals surface area contributed by atoms with Gasteiger partial charge in [-0.05, 0) is 60.6 Å². The van der Waals surface area contributed by atoms with Crippen LogP contribution in [0.1, 0.15) is 25.5 Å². The first kappa shape index (κ1) is 25.7. The van der Waals surface area contributed by atoms with Crippen molar-refractivity contribution in [3.63, 3.8) is 0 Å². The Labute approximate surface area is 202 Å². The Morgan fingerprint density at radius 1 is 0.971 bits per heavy atom. The lowest BCUT2D eigenvalue weighted by atomic mass is 10.0. The Hall–Kier alpha value is -2.94. The van der Waals surface area contributed by atoms with Gasteiger partial charge in [0.05, 0.1) is 18.0 Å². The van der Waals surface area contributed by atoms with Gasteiger partial charge in [0.2, 0.25) is 15.9 Å². The Morgan fingerprint density at radius 2 is 1.68 bits per heavy atom. The smallest absolute Gasteiger partial charge is 0.241 e. The van der Waals surface area contributed by atoms with E-state index < -0.39 is 16.1 Å². The second-order valence-electron chi connectivity index (χ2n) is 8.85. The molecule has 3 aromatic carbocycles. The second-order valence-corrected chi connectivity index (χ2v) is 10.6. The fourth-order valence-corrected chi connectivity index (χ4v) is 5.20. The zero-order chi connectivity index (χ0) is 24.9. The topological polar surface area (TPSA) is 87.7 Å². The Kier molecular flexibility index (Phi) is 8.30. The highest BCUT2D eigenvalue weighted by molar-refractivity contribution is 7.89. The summed E-state index contributed by atoms with van der Waals surface area (Å²) in [5, 5.41) is 4.71. The Bertz CT molecular complexity index is 1240. The first-order valence-corrected chi connectivity index (χ1v) is 12.7. The molecule has 0 bridgehead atoms.